The van der Waals surface area contributed by atoms with E-state index in [4.69, 9.17) is 4.74 Å². The first-order chi connectivity index (χ1) is 7.59. The minimum Gasteiger partial charge on any atom is -0.493 e. The lowest BCUT2D eigenvalue weighted by atomic mass is 9.99. The van der Waals surface area contributed by atoms with Gasteiger partial charge in [-0.3, -0.25) is 9.69 Å². The van der Waals surface area contributed by atoms with Crippen LogP contribution in [0.25, 0.3) is 0 Å². The fourth-order valence-electron chi connectivity index (χ4n) is 2.27. The highest BCUT2D eigenvalue weighted by Crippen LogP contribution is 2.29. The first-order valence-corrected chi connectivity index (χ1v) is 5.52. The average molecular weight is 219 g/mol. The second-order valence-electron chi connectivity index (χ2n) is 4.44. The van der Waals surface area contributed by atoms with Crippen LogP contribution in [0.1, 0.15) is 24.1 Å². The molecular weight excluding hydrogens is 202 g/mol. The van der Waals surface area contributed by atoms with Crippen LogP contribution in [0.2, 0.25) is 0 Å². The molecule has 1 unspecified atom stereocenters. The van der Waals surface area contributed by atoms with Crippen LogP contribution < -0.4 is 4.74 Å². The Kier molecular flexibility index (Phi) is 2.97. The molecule has 1 aliphatic rings. The maximum atomic E-state index is 11.6. The van der Waals surface area contributed by atoms with E-state index in [9.17, 15) is 4.79 Å². The van der Waals surface area contributed by atoms with Gasteiger partial charge in [-0.2, -0.15) is 0 Å². The van der Waals surface area contributed by atoms with Gasteiger partial charge in [0, 0.05) is 6.42 Å². The van der Waals surface area contributed by atoms with Crippen molar-refractivity contribution < 1.29 is 9.53 Å². The van der Waals surface area contributed by atoms with E-state index in [1.807, 2.05) is 31.1 Å². The number of benzene rings is 1. The average Bonchev–Trinajstić information content (AvgIpc) is 2.63. The van der Waals surface area contributed by atoms with E-state index >= 15 is 0 Å². The molecule has 0 saturated carbocycles. The van der Waals surface area contributed by atoms with Gasteiger partial charge in [0.2, 0.25) is 0 Å². The number of Topliss-reactive ketones (excluding diaryl/α,β-unsaturated/α-hetero) is 1. The molecule has 0 spiro atoms. The quantitative estimate of drug-likeness (QED) is 0.776. The first kappa shape index (κ1) is 11.1. The number of carbonyl (C=O) groups excluding carboxylic acids is 1. The lowest BCUT2D eigenvalue weighted by Crippen LogP contribution is -2.25. The summed E-state index contributed by atoms with van der Waals surface area (Å²) in [4.78, 5) is 13.6. The maximum absolute atomic E-state index is 11.6. The van der Waals surface area contributed by atoms with E-state index < -0.39 is 0 Å². The van der Waals surface area contributed by atoms with Gasteiger partial charge in [-0.1, -0.05) is 6.07 Å². The minimum absolute atomic E-state index is 0.147. The largest absolute Gasteiger partial charge is 0.493 e. The molecule has 1 atom stereocenters. The molecule has 86 valence electrons. The standard InChI is InChI=1S/C13H17NO2/c1-9(15)13(14(2)3)11-4-5-12-10(8-11)6-7-16-12/h4-5,8,13H,6-7H2,1-3H3. The molecule has 0 fully saturated rings. The van der Waals surface area contributed by atoms with Crippen molar-refractivity contribution in [3.63, 3.8) is 0 Å². The molecule has 16 heavy (non-hydrogen) atoms. The van der Waals surface area contributed by atoms with Crippen molar-refractivity contribution in [1.29, 1.82) is 0 Å². The van der Waals surface area contributed by atoms with Crippen LogP contribution in [0.15, 0.2) is 18.2 Å². The van der Waals surface area contributed by atoms with Gasteiger partial charge in [0.05, 0.1) is 12.6 Å². The molecule has 0 aromatic heterocycles. The van der Waals surface area contributed by atoms with E-state index in [2.05, 4.69) is 6.07 Å². The molecule has 0 radical (unpaired) electrons. The van der Waals surface area contributed by atoms with Gasteiger partial charge in [-0.25, -0.2) is 0 Å². The molecule has 3 heteroatoms. The molecule has 0 N–H and O–H groups in total. The Morgan fingerprint density at radius 2 is 2.19 bits per heavy atom. The summed E-state index contributed by atoms with van der Waals surface area (Å²) >= 11 is 0. The molecule has 1 heterocycles. The van der Waals surface area contributed by atoms with Crippen LogP contribution in [0.3, 0.4) is 0 Å². The van der Waals surface area contributed by atoms with Crippen molar-refractivity contribution in [3.8, 4) is 5.75 Å². The van der Waals surface area contributed by atoms with Crippen molar-refractivity contribution in [1.82, 2.24) is 4.90 Å². The van der Waals surface area contributed by atoms with Crippen molar-refractivity contribution in [2.24, 2.45) is 0 Å². The second kappa shape index (κ2) is 4.26. The molecule has 1 aromatic rings. The van der Waals surface area contributed by atoms with Crippen molar-refractivity contribution in [3.05, 3.63) is 29.3 Å². The third-order valence-electron chi connectivity index (χ3n) is 2.93. The highest BCUT2D eigenvalue weighted by Gasteiger charge is 2.21. The summed E-state index contributed by atoms with van der Waals surface area (Å²) in [5.41, 5.74) is 2.27. The molecule has 1 aromatic carbocycles. The van der Waals surface area contributed by atoms with Crippen molar-refractivity contribution in [2.75, 3.05) is 20.7 Å². The van der Waals surface area contributed by atoms with E-state index in [0.29, 0.717) is 0 Å². The third kappa shape index (κ3) is 1.95. The fourth-order valence-corrected chi connectivity index (χ4v) is 2.27. The van der Waals surface area contributed by atoms with Crippen LogP contribution in [0.4, 0.5) is 0 Å². The van der Waals surface area contributed by atoms with E-state index in [0.717, 1.165) is 24.3 Å². The number of rotatable bonds is 3. The number of hydrogen-bond donors (Lipinski definition) is 0. The van der Waals surface area contributed by atoms with E-state index in [1.165, 1.54) is 5.56 Å². The molecular formula is C13H17NO2. The van der Waals surface area contributed by atoms with Crippen LogP contribution >= 0.6 is 0 Å². The van der Waals surface area contributed by atoms with Crippen molar-refractivity contribution >= 4 is 5.78 Å². The predicted octanol–water partition coefficient (Wildman–Crippen LogP) is 1.81. The van der Waals surface area contributed by atoms with Crippen LogP contribution in [0.5, 0.6) is 5.75 Å². The summed E-state index contributed by atoms with van der Waals surface area (Å²) in [6.45, 7) is 2.39. The molecule has 0 bridgehead atoms. The zero-order valence-electron chi connectivity index (χ0n) is 9.99. The summed E-state index contributed by atoms with van der Waals surface area (Å²) in [5, 5.41) is 0. The summed E-state index contributed by atoms with van der Waals surface area (Å²) in [6.07, 6.45) is 0.946. The molecule has 0 saturated heterocycles. The van der Waals surface area contributed by atoms with Gasteiger partial charge < -0.3 is 4.74 Å². The number of carbonyl (C=O) groups is 1. The number of likely N-dealkylation sites (N-methyl/N-ethyl adjacent to an activating group) is 1. The smallest absolute Gasteiger partial charge is 0.151 e. The Balaban J connectivity index is 2.35. The normalized spacial score (nSPS) is 15.8. The fraction of sp³-hybridized carbons (Fsp3) is 0.462. The lowest BCUT2D eigenvalue weighted by molar-refractivity contribution is -0.121. The topological polar surface area (TPSA) is 29.5 Å². The highest BCUT2D eigenvalue weighted by atomic mass is 16.5. The second-order valence-corrected chi connectivity index (χ2v) is 4.44. The summed E-state index contributed by atoms with van der Waals surface area (Å²) in [7, 11) is 3.85. The summed E-state index contributed by atoms with van der Waals surface area (Å²) < 4.78 is 5.46. The van der Waals surface area contributed by atoms with E-state index in [1.54, 1.807) is 6.92 Å². The minimum atomic E-state index is -0.147. The Morgan fingerprint density at radius 3 is 2.81 bits per heavy atom. The molecule has 0 aliphatic carbocycles. The lowest BCUT2D eigenvalue weighted by Gasteiger charge is -2.22. The Bertz CT molecular complexity index is 412. The molecule has 3 nitrogen and oxygen atoms in total. The summed E-state index contributed by atoms with van der Waals surface area (Å²) in [5.74, 6) is 1.13. The van der Waals surface area contributed by atoms with Gasteiger partial charge in [0.1, 0.15) is 5.75 Å². The Morgan fingerprint density at radius 1 is 1.44 bits per heavy atom. The predicted molar refractivity (Wildman–Crippen MR) is 62.8 cm³/mol. The zero-order chi connectivity index (χ0) is 11.7. The summed E-state index contributed by atoms with van der Waals surface area (Å²) in [6, 6.07) is 5.90. The van der Waals surface area contributed by atoms with E-state index in [-0.39, 0.29) is 11.8 Å². The Hall–Kier alpha value is -1.35. The number of fused-ring (bicyclic) bond motifs is 1. The molecule has 1 aliphatic heterocycles. The zero-order valence-corrected chi connectivity index (χ0v) is 9.99. The number of nitrogens with zero attached hydrogens (tertiary/aromatic N) is 1. The van der Waals surface area contributed by atoms with Gasteiger partial charge >= 0.3 is 0 Å². The first-order valence-electron chi connectivity index (χ1n) is 5.52. The van der Waals surface area contributed by atoms with Gasteiger partial charge in [-0.05, 0) is 44.3 Å². The molecule has 0 amide bonds. The van der Waals surface area contributed by atoms with Gasteiger partial charge in [0.25, 0.3) is 0 Å². The molecule has 2 rings (SSSR count). The van der Waals surface area contributed by atoms with Crippen LogP contribution in [-0.2, 0) is 11.2 Å². The Labute approximate surface area is 96.0 Å². The SMILES string of the molecule is CC(=O)C(c1ccc2c(c1)CCO2)N(C)C. The third-order valence-corrected chi connectivity index (χ3v) is 2.93. The monoisotopic (exact) mass is 219 g/mol. The maximum Gasteiger partial charge on any atom is 0.151 e. The van der Waals surface area contributed by atoms with Crippen LogP contribution in [0, 0.1) is 0 Å². The van der Waals surface area contributed by atoms with Gasteiger partial charge in [-0.15, -0.1) is 0 Å². The number of ketones is 1. The number of ether oxygens (including phenoxy) is 1. The van der Waals surface area contributed by atoms with Crippen LogP contribution in [-0.4, -0.2) is 31.4 Å². The number of hydrogen-bond acceptors (Lipinski definition) is 3. The van der Waals surface area contributed by atoms with Gasteiger partial charge in [0.15, 0.2) is 5.78 Å². The van der Waals surface area contributed by atoms with Crippen molar-refractivity contribution in [2.45, 2.75) is 19.4 Å². The highest BCUT2D eigenvalue weighted by molar-refractivity contribution is 5.83.